The van der Waals surface area contributed by atoms with Crippen LogP contribution < -0.4 is 4.74 Å². The molecule has 0 bridgehead atoms. The van der Waals surface area contributed by atoms with E-state index < -0.39 is 0 Å². The highest BCUT2D eigenvalue weighted by Gasteiger charge is 2.07. The van der Waals surface area contributed by atoms with E-state index in [1.807, 2.05) is 0 Å². The van der Waals surface area contributed by atoms with Gasteiger partial charge in [-0.3, -0.25) is 0 Å². The van der Waals surface area contributed by atoms with Crippen molar-refractivity contribution in [3.63, 3.8) is 0 Å². The molecule has 14 heavy (non-hydrogen) atoms. The number of hydrogen-bond acceptors (Lipinski definition) is 1. The Labute approximate surface area is 87.1 Å². The Kier molecular flexibility index (Phi) is 3.56. The summed E-state index contributed by atoms with van der Waals surface area (Å²) in [4.78, 5) is 0. The highest BCUT2D eigenvalue weighted by atomic mass is 16.5. The standard InChI is InChI=1S/C13H20O/c1-6-12-7-10(4)13(11(5)8-12)14-9(2)3/h7-9H,6H2,1-5H3. The van der Waals surface area contributed by atoms with Gasteiger partial charge in [0.15, 0.2) is 0 Å². The maximum absolute atomic E-state index is 5.78. The molecule has 0 fully saturated rings. The molecule has 0 amide bonds. The molecule has 0 saturated heterocycles. The largest absolute Gasteiger partial charge is 0.490 e. The fourth-order valence-corrected chi connectivity index (χ4v) is 1.67. The Morgan fingerprint density at radius 1 is 1.14 bits per heavy atom. The second-order valence-corrected chi connectivity index (χ2v) is 4.08. The first-order chi connectivity index (χ1) is 6.54. The Hall–Kier alpha value is -0.980. The third-order valence-corrected chi connectivity index (χ3v) is 2.28. The van der Waals surface area contributed by atoms with Crippen molar-refractivity contribution in [1.29, 1.82) is 0 Å². The van der Waals surface area contributed by atoms with Crippen molar-refractivity contribution in [2.24, 2.45) is 0 Å². The number of ether oxygens (including phenoxy) is 1. The summed E-state index contributed by atoms with van der Waals surface area (Å²) in [6, 6.07) is 4.43. The van der Waals surface area contributed by atoms with Crippen LogP contribution >= 0.6 is 0 Å². The Bertz CT molecular complexity index is 290. The van der Waals surface area contributed by atoms with Crippen LogP contribution in [-0.4, -0.2) is 6.10 Å². The van der Waals surface area contributed by atoms with Crippen LogP contribution in [0.4, 0.5) is 0 Å². The molecule has 0 spiro atoms. The summed E-state index contributed by atoms with van der Waals surface area (Å²) in [7, 11) is 0. The molecule has 1 nitrogen and oxygen atoms in total. The van der Waals surface area contributed by atoms with E-state index >= 15 is 0 Å². The quantitative estimate of drug-likeness (QED) is 0.710. The lowest BCUT2D eigenvalue weighted by Gasteiger charge is -2.16. The van der Waals surface area contributed by atoms with Gasteiger partial charge in [0.2, 0.25) is 0 Å². The molecule has 1 rings (SSSR count). The molecule has 0 heterocycles. The molecular formula is C13H20O. The molecule has 1 heteroatoms. The molecule has 0 aliphatic carbocycles. The second kappa shape index (κ2) is 4.50. The van der Waals surface area contributed by atoms with Gasteiger partial charge in [-0.05, 0) is 50.8 Å². The van der Waals surface area contributed by atoms with E-state index in [-0.39, 0.29) is 6.10 Å². The second-order valence-electron chi connectivity index (χ2n) is 4.08. The average Bonchev–Trinajstić information content (AvgIpc) is 2.10. The molecule has 0 saturated carbocycles. The Morgan fingerprint density at radius 3 is 2.00 bits per heavy atom. The minimum Gasteiger partial charge on any atom is -0.490 e. The molecule has 0 atom stereocenters. The first-order valence-corrected chi connectivity index (χ1v) is 5.31. The minimum atomic E-state index is 0.250. The maximum Gasteiger partial charge on any atom is 0.125 e. The molecule has 78 valence electrons. The van der Waals surface area contributed by atoms with Gasteiger partial charge in [0.25, 0.3) is 0 Å². The zero-order valence-electron chi connectivity index (χ0n) is 9.85. The molecule has 0 N–H and O–H groups in total. The van der Waals surface area contributed by atoms with E-state index in [2.05, 4.69) is 46.8 Å². The van der Waals surface area contributed by atoms with Gasteiger partial charge in [-0.2, -0.15) is 0 Å². The summed E-state index contributed by atoms with van der Waals surface area (Å²) in [5.74, 6) is 1.05. The van der Waals surface area contributed by atoms with Crippen molar-refractivity contribution >= 4 is 0 Å². The highest BCUT2D eigenvalue weighted by Crippen LogP contribution is 2.25. The zero-order chi connectivity index (χ0) is 10.7. The number of aryl methyl sites for hydroxylation is 3. The zero-order valence-corrected chi connectivity index (χ0v) is 9.85. The van der Waals surface area contributed by atoms with E-state index in [1.54, 1.807) is 0 Å². The Morgan fingerprint density at radius 2 is 1.64 bits per heavy atom. The smallest absolute Gasteiger partial charge is 0.125 e. The molecule has 0 aliphatic heterocycles. The number of hydrogen-bond donors (Lipinski definition) is 0. The molecule has 1 aromatic rings. The lowest BCUT2D eigenvalue weighted by atomic mass is 10.0. The van der Waals surface area contributed by atoms with E-state index in [4.69, 9.17) is 4.74 Å². The van der Waals surface area contributed by atoms with Gasteiger partial charge in [0.1, 0.15) is 5.75 Å². The van der Waals surface area contributed by atoms with Crippen molar-refractivity contribution in [2.75, 3.05) is 0 Å². The molecule has 0 unspecified atom stereocenters. The number of benzene rings is 1. The van der Waals surface area contributed by atoms with Crippen LogP contribution in [-0.2, 0) is 6.42 Å². The first-order valence-electron chi connectivity index (χ1n) is 5.31. The maximum atomic E-state index is 5.78. The van der Waals surface area contributed by atoms with E-state index in [0.29, 0.717) is 0 Å². The summed E-state index contributed by atoms with van der Waals surface area (Å²) in [5, 5.41) is 0. The summed E-state index contributed by atoms with van der Waals surface area (Å²) in [6.07, 6.45) is 1.34. The highest BCUT2D eigenvalue weighted by molar-refractivity contribution is 5.43. The lowest BCUT2D eigenvalue weighted by molar-refractivity contribution is 0.239. The predicted octanol–water partition coefficient (Wildman–Crippen LogP) is 3.65. The van der Waals surface area contributed by atoms with Crippen LogP contribution in [0.3, 0.4) is 0 Å². The van der Waals surface area contributed by atoms with E-state index in [0.717, 1.165) is 12.2 Å². The van der Waals surface area contributed by atoms with Crippen molar-refractivity contribution in [2.45, 2.75) is 47.1 Å². The van der Waals surface area contributed by atoms with Gasteiger partial charge < -0.3 is 4.74 Å². The van der Waals surface area contributed by atoms with Crippen LogP contribution in [0, 0.1) is 13.8 Å². The van der Waals surface area contributed by atoms with Crippen molar-refractivity contribution in [3.8, 4) is 5.75 Å². The van der Waals surface area contributed by atoms with Crippen molar-refractivity contribution < 1.29 is 4.74 Å². The van der Waals surface area contributed by atoms with Gasteiger partial charge >= 0.3 is 0 Å². The van der Waals surface area contributed by atoms with Crippen molar-refractivity contribution in [1.82, 2.24) is 0 Å². The monoisotopic (exact) mass is 192 g/mol. The minimum absolute atomic E-state index is 0.250. The molecule has 0 radical (unpaired) electrons. The molecule has 0 aliphatic rings. The topological polar surface area (TPSA) is 9.23 Å². The summed E-state index contributed by atoms with van der Waals surface area (Å²) < 4.78 is 5.78. The molecule has 1 aromatic carbocycles. The SMILES string of the molecule is CCc1cc(C)c(OC(C)C)c(C)c1. The Balaban J connectivity index is 3.05. The van der Waals surface area contributed by atoms with Crippen LogP contribution in [0.5, 0.6) is 5.75 Å². The number of rotatable bonds is 3. The van der Waals surface area contributed by atoms with Gasteiger partial charge in [0, 0.05) is 0 Å². The average molecular weight is 192 g/mol. The van der Waals surface area contributed by atoms with Gasteiger partial charge in [-0.25, -0.2) is 0 Å². The summed E-state index contributed by atoms with van der Waals surface area (Å²) >= 11 is 0. The lowest BCUT2D eigenvalue weighted by Crippen LogP contribution is -2.08. The summed E-state index contributed by atoms with van der Waals surface area (Å²) in [6.45, 7) is 10.5. The fraction of sp³-hybridized carbons (Fsp3) is 0.538. The third kappa shape index (κ3) is 2.50. The van der Waals surface area contributed by atoms with Crippen molar-refractivity contribution in [3.05, 3.63) is 28.8 Å². The summed E-state index contributed by atoms with van der Waals surface area (Å²) in [5.41, 5.74) is 3.88. The molecular weight excluding hydrogens is 172 g/mol. The third-order valence-electron chi connectivity index (χ3n) is 2.28. The van der Waals surface area contributed by atoms with Crippen LogP contribution in [0.2, 0.25) is 0 Å². The van der Waals surface area contributed by atoms with Crippen LogP contribution in [0.1, 0.15) is 37.5 Å². The normalized spacial score (nSPS) is 10.7. The van der Waals surface area contributed by atoms with E-state index in [9.17, 15) is 0 Å². The fourth-order valence-electron chi connectivity index (χ4n) is 1.67. The predicted molar refractivity (Wildman–Crippen MR) is 61.1 cm³/mol. The van der Waals surface area contributed by atoms with Crippen LogP contribution in [0.15, 0.2) is 12.1 Å². The molecule has 0 aromatic heterocycles. The van der Waals surface area contributed by atoms with Crippen LogP contribution in [0.25, 0.3) is 0 Å². The van der Waals surface area contributed by atoms with Gasteiger partial charge in [-0.1, -0.05) is 19.1 Å². The first kappa shape index (κ1) is 11.1. The van der Waals surface area contributed by atoms with Gasteiger partial charge in [-0.15, -0.1) is 0 Å². The van der Waals surface area contributed by atoms with Gasteiger partial charge in [0.05, 0.1) is 6.10 Å². The van der Waals surface area contributed by atoms with E-state index in [1.165, 1.54) is 16.7 Å².